The van der Waals surface area contributed by atoms with Crippen LogP contribution in [0.1, 0.15) is 21.5 Å². The highest BCUT2D eigenvalue weighted by molar-refractivity contribution is 9.10. The quantitative estimate of drug-likeness (QED) is 0.855. The smallest absolute Gasteiger partial charge is 0.254 e. The molecule has 0 bridgehead atoms. The van der Waals surface area contributed by atoms with Gasteiger partial charge >= 0.3 is 0 Å². The lowest BCUT2D eigenvalue weighted by atomic mass is 9.99. The van der Waals surface area contributed by atoms with Gasteiger partial charge in [0, 0.05) is 23.1 Å². The maximum absolute atomic E-state index is 13.4. The van der Waals surface area contributed by atoms with Crippen LogP contribution >= 0.6 is 15.9 Å². The van der Waals surface area contributed by atoms with Crippen molar-refractivity contribution >= 4 is 21.8 Å². The molecule has 1 aliphatic heterocycles. The minimum absolute atomic E-state index is 0.191. The van der Waals surface area contributed by atoms with Gasteiger partial charge in [-0.2, -0.15) is 0 Å². The van der Waals surface area contributed by atoms with E-state index in [1.807, 2.05) is 6.07 Å². The molecule has 2 aromatic carbocycles. The number of hydrogen-bond acceptors (Lipinski definition) is 2. The van der Waals surface area contributed by atoms with Crippen LogP contribution in [0.3, 0.4) is 0 Å². The van der Waals surface area contributed by atoms with Crippen molar-refractivity contribution in [2.24, 2.45) is 0 Å². The van der Waals surface area contributed by atoms with E-state index in [2.05, 4.69) is 15.9 Å². The van der Waals surface area contributed by atoms with E-state index in [1.165, 1.54) is 12.1 Å². The largest absolute Gasteiger partial charge is 0.508 e. The number of aromatic hydroxyl groups is 1. The van der Waals surface area contributed by atoms with Crippen LogP contribution in [0, 0.1) is 5.82 Å². The van der Waals surface area contributed by atoms with Crippen LogP contribution in [0.4, 0.5) is 4.39 Å². The Morgan fingerprint density at radius 3 is 2.76 bits per heavy atom. The summed E-state index contributed by atoms with van der Waals surface area (Å²) in [4.78, 5) is 14.1. The second-order valence-electron chi connectivity index (χ2n) is 5.09. The van der Waals surface area contributed by atoms with E-state index in [0.717, 1.165) is 17.5 Å². The standard InChI is InChI=1S/C16H13BrFNO2/c17-13-5-11(6-14(18)8-13)16(21)19-4-3-10-1-2-15(20)7-12(10)9-19/h1-2,5-8,20H,3-4,9H2. The van der Waals surface area contributed by atoms with E-state index in [4.69, 9.17) is 0 Å². The molecule has 1 amide bonds. The van der Waals surface area contributed by atoms with Crippen LogP contribution in [0.25, 0.3) is 0 Å². The predicted molar refractivity (Wildman–Crippen MR) is 80.7 cm³/mol. The summed E-state index contributed by atoms with van der Waals surface area (Å²) in [6.07, 6.45) is 0.734. The third-order valence-electron chi connectivity index (χ3n) is 3.60. The lowest BCUT2D eigenvalue weighted by Crippen LogP contribution is -2.36. The number of fused-ring (bicyclic) bond motifs is 1. The number of nitrogens with zero attached hydrogens (tertiary/aromatic N) is 1. The van der Waals surface area contributed by atoms with Crippen molar-refractivity contribution in [1.82, 2.24) is 4.90 Å². The molecule has 5 heteroatoms. The summed E-state index contributed by atoms with van der Waals surface area (Å²) in [7, 11) is 0. The predicted octanol–water partition coefficient (Wildman–Crippen LogP) is 3.49. The normalized spacial score (nSPS) is 13.9. The van der Waals surface area contributed by atoms with E-state index in [1.54, 1.807) is 23.1 Å². The highest BCUT2D eigenvalue weighted by Gasteiger charge is 2.22. The molecule has 108 valence electrons. The SMILES string of the molecule is O=C(c1cc(F)cc(Br)c1)N1CCc2ccc(O)cc2C1. The Bertz CT molecular complexity index is 697. The monoisotopic (exact) mass is 349 g/mol. The van der Waals surface area contributed by atoms with Crippen LogP contribution < -0.4 is 0 Å². The van der Waals surface area contributed by atoms with Crippen molar-refractivity contribution in [3.63, 3.8) is 0 Å². The molecule has 3 nitrogen and oxygen atoms in total. The van der Waals surface area contributed by atoms with Crippen molar-refractivity contribution in [1.29, 1.82) is 0 Å². The maximum atomic E-state index is 13.4. The number of benzene rings is 2. The van der Waals surface area contributed by atoms with Gasteiger partial charge < -0.3 is 10.0 Å². The molecule has 2 aromatic rings. The number of phenols is 1. The van der Waals surface area contributed by atoms with Crippen LogP contribution in [0.5, 0.6) is 5.75 Å². The Labute approximate surface area is 130 Å². The molecule has 0 aliphatic carbocycles. The fraction of sp³-hybridized carbons (Fsp3) is 0.188. The van der Waals surface area contributed by atoms with Crippen LogP contribution in [-0.2, 0) is 13.0 Å². The highest BCUT2D eigenvalue weighted by Crippen LogP contribution is 2.25. The number of carbonyl (C=O) groups excluding carboxylic acids is 1. The lowest BCUT2D eigenvalue weighted by molar-refractivity contribution is 0.0734. The number of carbonyl (C=O) groups is 1. The second-order valence-corrected chi connectivity index (χ2v) is 6.00. The molecule has 1 heterocycles. The third-order valence-corrected chi connectivity index (χ3v) is 4.06. The van der Waals surface area contributed by atoms with Gasteiger partial charge in [-0.1, -0.05) is 22.0 Å². The molecule has 0 spiro atoms. The first-order valence-electron chi connectivity index (χ1n) is 6.59. The molecule has 0 aromatic heterocycles. The van der Waals surface area contributed by atoms with Gasteiger partial charge in [-0.25, -0.2) is 4.39 Å². The van der Waals surface area contributed by atoms with Gasteiger partial charge in [0.1, 0.15) is 11.6 Å². The summed E-state index contributed by atoms with van der Waals surface area (Å²) < 4.78 is 14.0. The van der Waals surface area contributed by atoms with Gasteiger partial charge in [-0.15, -0.1) is 0 Å². The Hall–Kier alpha value is -1.88. The number of rotatable bonds is 1. The van der Waals surface area contributed by atoms with Gasteiger partial charge in [-0.3, -0.25) is 4.79 Å². The fourth-order valence-corrected chi connectivity index (χ4v) is 3.04. The summed E-state index contributed by atoms with van der Waals surface area (Å²) >= 11 is 3.20. The average molecular weight is 350 g/mol. The van der Waals surface area contributed by atoms with E-state index in [9.17, 15) is 14.3 Å². The van der Waals surface area contributed by atoms with E-state index in [0.29, 0.717) is 23.1 Å². The molecular formula is C16H13BrFNO2. The van der Waals surface area contributed by atoms with Crippen LogP contribution in [-0.4, -0.2) is 22.5 Å². The maximum Gasteiger partial charge on any atom is 0.254 e. The number of halogens is 2. The highest BCUT2D eigenvalue weighted by atomic mass is 79.9. The summed E-state index contributed by atoms with van der Waals surface area (Å²) in [6, 6.07) is 9.39. The Balaban J connectivity index is 1.86. The van der Waals surface area contributed by atoms with Crippen LogP contribution in [0.15, 0.2) is 40.9 Å². The first-order valence-corrected chi connectivity index (χ1v) is 7.38. The molecule has 1 N–H and O–H groups in total. The Kier molecular flexibility index (Phi) is 3.68. The fourth-order valence-electron chi connectivity index (χ4n) is 2.58. The van der Waals surface area contributed by atoms with E-state index < -0.39 is 5.82 Å². The lowest BCUT2D eigenvalue weighted by Gasteiger charge is -2.29. The van der Waals surface area contributed by atoms with E-state index in [-0.39, 0.29) is 11.7 Å². The van der Waals surface area contributed by atoms with Crippen molar-refractivity contribution in [3.8, 4) is 5.75 Å². The first-order chi connectivity index (χ1) is 10.0. The second kappa shape index (κ2) is 5.48. The molecule has 0 saturated carbocycles. The topological polar surface area (TPSA) is 40.5 Å². The average Bonchev–Trinajstić information content (AvgIpc) is 2.44. The van der Waals surface area contributed by atoms with Gasteiger partial charge in [0.05, 0.1) is 0 Å². The van der Waals surface area contributed by atoms with Crippen molar-refractivity contribution < 1.29 is 14.3 Å². The summed E-state index contributed by atoms with van der Waals surface area (Å²) in [5, 5.41) is 9.54. The molecule has 1 aliphatic rings. The molecular weight excluding hydrogens is 337 g/mol. The number of phenolic OH excluding ortho intramolecular Hbond substituents is 1. The summed E-state index contributed by atoms with van der Waals surface area (Å²) in [5.41, 5.74) is 2.40. The summed E-state index contributed by atoms with van der Waals surface area (Å²) in [6.45, 7) is 1.02. The minimum Gasteiger partial charge on any atom is -0.508 e. The van der Waals surface area contributed by atoms with Crippen molar-refractivity contribution in [2.75, 3.05) is 6.54 Å². The van der Waals surface area contributed by atoms with Gasteiger partial charge in [0.25, 0.3) is 5.91 Å². The van der Waals surface area contributed by atoms with Crippen LogP contribution in [0.2, 0.25) is 0 Å². The minimum atomic E-state index is -0.442. The first kappa shape index (κ1) is 14.1. The molecule has 0 atom stereocenters. The van der Waals surface area contributed by atoms with Gasteiger partial charge in [0.2, 0.25) is 0 Å². The van der Waals surface area contributed by atoms with Crippen molar-refractivity contribution in [2.45, 2.75) is 13.0 Å². The Morgan fingerprint density at radius 2 is 2.00 bits per heavy atom. The molecule has 0 unspecified atom stereocenters. The zero-order valence-corrected chi connectivity index (χ0v) is 12.7. The van der Waals surface area contributed by atoms with Gasteiger partial charge in [-0.05, 0) is 47.9 Å². The summed E-state index contributed by atoms with van der Waals surface area (Å²) in [5.74, 6) is -0.455. The number of hydrogen-bond donors (Lipinski definition) is 1. The molecule has 3 rings (SSSR count). The zero-order valence-electron chi connectivity index (χ0n) is 11.1. The van der Waals surface area contributed by atoms with E-state index >= 15 is 0 Å². The van der Waals surface area contributed by atoms with Gasteiger partial charge in [0.15, 0.2) is 0 Å². The van der Waals surface area contributed by atoms with Crippen molar-refractivity contribution in [3.05, 3.63) is 63.4 Å². The molecule has 0 saturated heterocycles. The molecule has 0 fully saturated rings. The molecule has 0 radical (unpaired) electrons. The number of amides is 1. The molecule has 21 heavy (non-hydrogen) atoms. The third kappa shape index (κ3) is 2.93. The zero-order chi connectivity index (χ0) is 15.0. The Morgan fingerprint density at radius 1 is 1.19 bits per heavy atom.